The van der Waals surface area contributed by atoms with Gasteiger partial charge < -0.3 is 15.3 Å². The van der Waals surface area contributed by atoms with Gasteiger partial charge >= 0.3 is 12.0 Å². The van der Waals surface area contributed by atoms with Crippen molar-refractivity contribution in [3.05, 3.63) is 0 Å². The molecule has 2 amide bonds. The molecule has 1 aliphatic carbocycles. The van der Waals surface area contributed by atoms with E-state index in [2.05, 4.69) is 5.32 Å². The number of nitrogens with zero attached hydrogens (tertiary/aromatic N) is 1. The maximum absolute atomic E-state index is 12.3. The average molecular weight is 316 g/mol. The molecule has 21 heavy (non-hydrogen) atoms. The SMILES string of the molecule is CCS(=O)CCNC(=O)N1C(C(=O)O)CC2CCCCC21. The van der Waals surface area contributed by atoms with Gasteiger partial charge in [-0.05, 0) is 25.2 Å². The molecule has 0 aromatic carbocycles. The fraction of sp³-hybridized carbons (Fsp3) is 0.857. The van der Waals surface area contributed by atoms with Crippen LogP contribution in [0.15, 0.2) is 0 Å². The predicted molar refractivity (Wildman–Crippen MR) is 80.6 cm³/mol. The molecule has 2 N–H and O–H groups in total. The number of aliphatic carboxylic acids is 1. The first-order valence-corrected chi connectivity index (χ1v) is 9.17. The third kappa shape index (κ3) is 3.75. The summed E-state index contributed by atoms with van der Waals surface area (Å²) >= 11 is 0. The standard InChI is InChI=1S/C14H24N2O4S/c1-2-21(20)8-7-15-14(19)16-11-6-4-3-5-10(11)9-12(16)13(17)18/h10-12H,2-9H2,1H3,(H,15,19)(H,17,18). The molecule has 0 aromatic heterocycles. The summed E-state index contributed by atoms with van der Waals surface area (Å²) in [5.41, 5.74) is 0. The number of amides is 2. The lowest BCUT2D eigenvalue weighted by atomic mass is 9.85. The number of carboxylic acid groups (broad SMARTS) is 1. The Balaban J connectivity index is 1.98. The number of hydrogen-bond acceptors (Lipinski definition) is 3. The van der Waals surface area contributed by atoms with Gasteiger partial charge in [0.15, 0.2) is 0 Å². The second-order valence-electron chi connectivity index (χ2n) is 5.77. The van der Waals surface area contributed by atoms with Crippen molar-refractivity contribution in [2.24, 2.45) is 5.92 Å². The van der Waals surface area contributed by atoms with Crippen LogP contribution in [0.2, 0.25) is 0 Å². The molecular formula is C14H24N2O4S. The third-order valence-electron chi connectivity index (χ3n) is 4.54. The van der Waals surface area contributed by atoms with Crippen molar-refractivity contribution in [2.75, 3.05) is 18.1 Å². The Morgan fingerprint density at radius 1 is 1.33 bits per heavy atom. The fourth-order valence-electron chi connectivity index (χ4n) is 3.48. The van der Waals surface area contributed by atoms with Crippen LogP contribution in [-0.2, 0) is 15.6 Å². The minimum absolute atomic E-state index is 0.0523. The number of carbonyl (C=O) groups is 2. The van der Waals surface area contributed by atoms with Crippen LogP contribution in [0, 0.1) is 5.92 Å². The lowest BCUT2D eigenvalue weighted by Crippen LogP contribution is -2.51. The zero-order chi connectivity index (χ0) is 15.4. The van der Waals surface area contributed by atoms with E-state index < -0.39 is 22.8 Å². The molecule has 2 fully saturated rings. The fourth-order valence-corrected chi connectivity index (χ4v) is 4.10. The molecule has 2 rings (SSSR count). The van der Waals surface area contributed by atoms with Gasteiger partial charge in [-0.25, -0.2) is 9.59 Å². The Hall–Kier alpha value is -1.11. The summed E-state index contributed by atoms with van der Waals surface area (Å²) < 4.78 is 11.4. The van der Waals surface area contributed by atoms with Gasteiger partial charge in [0.25, 0.3) is 0 Å². The zero-order valence-corrected chi connectivity index (χ0v) is 13.2. The minimum atomic E-state index is -0.920. The van der Waals surface area contributed by atoms with Gasteiger partial charge in [0, 0.05) is 34.9 Å². The Kier molecular flexibility index (Phi) is 5.61. The smallest absolute Gasteiger partial charge is 0.326 e. The molecule has 1 saturated heterocycles. The van der Waals surface area contributed by atoms with Crippen LogP contribution in [-0.4, -0.2) is 56.3 Å². The van der Waals surface area contributed by atoms with Crippen molar-refractivity contribution < 1.29 is 18.9 Å². The number of nitrogens with one attached hydrogen (secondary N) is 1. The quantitative estimate of drug-likeness (QED) is 0.797. The molecule has 4 unspecified atom stereocenters. The van der Waals surface area contributed by atoms with Crippen molar-refractivity contribution in [3.63, 3.8) is 0 Å². The first-order chi connectivity index (χ1) is 10.0. The summed E-state index contributed by atoms with van der Waals surface area (Å²) in [5.74, 6) is 0.385. The van der Waals surface area contributed by atoms with E-state index in [-0.39, 0.29) is 12.1 Å². The summed E-state index contributed by atoms with van der Waals surface area (Å²) in [6.45, 7) is 2.17. The predicted octanol–water partition coefficient (Wildman–Crippen LogP) is 1.18. The summed E-state index contributed by atoms with van der Waals surface area (Å²) in [4.78, 5) is 25.3. The van der Waals surface area contributed by atoms with Crippen LogP contribution >= 0.6 is 0 Å². The van der Waals surface area contributed by atoms with E-state index in [1.165, 1.54) is 4.90 Å². The molecular weight excluding hydrogens is 292 g/mol. The molecule has 120 valence electrons. The van der Waals surface area contributed by atoms with E-state index >= 15 is 0 Å². The molecule has 0 bridgehead atoms. The van der Waals surface area contributed by atoms with E-state index in [0.717, 1.165) is 25.7 Å². The van der Waals surface area contributed by atoms with E-state index in [4.69, 9.17) is 0 Å². The summed E-state index contributed by atoms with van der Waals surface area (Å²) in [5, 5.41) is 12.1. The normalized spacial score (nSPS) is 29.8. The summed E-state index contributed by atoms with van der Waals surface area (Å²) in [6, 6.07) is -0.976. The minimum Gasteiger partial charge on any atom is -0.480 e. The highest BCUT2D eigenvalue weighted by Gasteiger charge is 2.47. The first-order valence-electron chi connectivity index (χ1n) is 7.68. The Bertz CT molecular complexity index is 429. The molecule has 1 saturated carbocycles. The monoisotopic (exact) mass is 316 g/mol. The topological polar surface area (TPSA) is 86.7 Å². The molecule has 1 aliphatic heterocycles. The van der Waals surface area contributed by atoms with Crippen LogP contribution in [0.1, 0.15) is 39.0 Å². The number of rotatable bonds is 5. The second-order valence-corrected chi connectivity index (χ2v) is 7.64. The molecule has 6 nitrogen and oxygen atoms in total. The molecule has 0 spiro atoms. The van der Waals surface area contributed by atoms with Crippen molar-refractivity contribution in [3.8, 4) is 0 Å². The van der Waals surface area contributed by atoms with Gasteiger partial charge in [0.05, 0.1) is 0 Å². The molecule has 2 aliphatic rings. The van der Waals surface area contributed by atoms with Crippen molar-refractivity contribution in [2.45, 2.75) is 51.1 Å². The van der Waals surface area contributed by atoms with Crippen LogP contribution in [0.5, 0.6) is 0 Å². The van der Waals surface area contributed by atoms with Crippen LogP contribution < -0.4 is 5.32 Å². The highest BCUT2D eigenvalue weighted by molar-refractivity contribution is 7.84. The number of urea groups is 1. The molecule has 1 heterocycles. The molecule has 0 radical (unpaired) electrons. The number of likely N-dealkylation sites (tertiary alicyclic amines) is 1. The Labute approximate surface area is 127 Å². The number of carboxylic acids is 1. The number of fused-ring (bicyclic) bond motifs is 1. The lowest BCUT2D eigenvalue weighted by Gasteiger charge is -2.32. The van der Waals surface area contributed by atoms with E-state index in [0.29, 0.717) is 30.4 Å². The van der Waals surface area contributed by atoms with Gasteiger partial charge in [-0.1, -0.05) is 19.8 Å². The van der Waals surface area contributed by atoms with Crippen molar-refractivity contribution >= 4 is 22.8 Å². The lowest BCUT2D eigenvalue weighted by molar-refractivity contribution is -0.141. The Morgan fingerprint density at radius 2 is 2.05 bits per heavy atom. The largest absolute Gasteiger partial charge is 0.480 e. The van der Waals surface area contributed by atoms with Crippen LogP contribution in [0.25, 0.3) is 0 Å². The highest BCUT2D eigenvalue weighted by atomic mass is 32.2. The average Bonchev–Trinajstić information content (AvgIpc) is 2.86. The third-order valence-corrected chi connectivity index (χ3v) is 5.84. The number of hydrogen-bond donors (Lipinski definition) is 2. The van der Waals surface area contributed by atoms with Gasteiger partial charge in [0.2, 0.25) is 0 Å². The van der Waals surface area contributed by atoms with E-state index in [1.54, 1.807) is 0 Å². The maximum atomic E-state index is 12.3. The molecule has 4 atom stereocenters. The maximum Gasteiger partial charge on any atom is 0.326 e. The molecule has 7 heteroatoms. The highest BCUT2D eigenvalue weighted by Crippen LogP contribution is 2.39. The van der Waals surface area contributed by atoms with Crippen LogP contribution in [0.3, 0.4) is 0 Å². The summed E-state index contributed by atoms with van der Waals surface area (Å²) in [7, 11) is -0.920. The molecule has 0 aromatic rings. The zero-order valence-electron chi connectivity index (χ0n) is 12.4. The van der Waals surface area contributed by atoms with E-state index in [9.17, 15) is 18.9 Å². The van der Waals surface area contributed by atoms with Crippen LogP contribution in [0.4, 0.5) is 4.79 Å². The van der Waals surface area contributed by atoms with Gasteiger partial charge in [0.1, 0.15) is 6.04 Å². The first kappa shape index (κ1) is 16.3. The Morgan fingerprint density at radius 3 is 2.71 bits per heavy atom. The van der Waals surface area contributed by atoms with Gasteiger partial charge in [-0.3, -0.25) is 4.21 Å². The van der Waals surface area contributed by atoms with Gasteiger partial charge in [-0.2, -0.15) is 0 Å². The van der Waals surface area contributed by atoms with Gasteiger partial charge in [-0.15, -0.1) is 0 Å². The summed E-state index contributed by atoms with van der Waals surface area (Å²) in [6.07, 6.45) is 4.64. The second kappa shape index (κ2) is 7.24. The van der Waals surface area contributed by atoms with Crippen molar-refractivity contribution in [1.29, 1.82) is 0 Å². The van der Waals surface area contributed by atoms with Crippen molar-refractivity contribution in [1.82, 2.24) is 10.2 Å². The van der Waals surface area contributed by atoms with E-state index in [1.807, 2.05) is 6.92 Å². The number of carbonyl (C=O) groups excluding carboxylic acids is 1.